The van der Waals surface area contributed by atoms with Crippen molar-refractivity contribution in [3.63, 3.8) is 0 Å². The predicted molar refractivity (Wildman–Crippen MR) is 74.7 cm³/mol. The molecule has 2 aromatic heterocycles. The molecule has 3 aromatic rings. The summed E-state index contributed by atoms with van der Waals surface area (Å²) in [5.74, 6) is -12.4. The molecule has 28 heavy (non-hydrogen) atoms. The molecule has 1 aromatic carbocycles. The Labute approximate surface area is 176 Å². The summed E-state index contributed by atoms with van der Waals surface area (Å²) in [4.78, 5) is 7.39. The van der Waals surface area contributed by atoms with Gasteiger partial charge < -0.3 is 5.32 Å². The van der Waals surface area contributed by atoms with E-state index in [1.165, 1.54) is 0 Å². The van der Waals surface area contributed by atoms with Crippen LogP contribution in [0, 0.1) is 42.6 Å². The summed E-state index contributed by atoms with van der Waals surface area (Å²) in [5.41, 5.74) is -2.61. The third kappa shape index (κ3) is 3.81. The minimum absolute atomic E-state index is 0. The van der Waals surface area contributed by atoms with Crippen molar-refractivity contribution in [1.29, 1.82) is 0 Å². The average molecular weight is 485 g/mol. The zero-order valence-electron chi connectivity index (χ0n) is 13.5. The number of rotatable bonds is 3. The fraction of sp³-hybridized carbons (Fsp3) is 0.143. The van der Waals surface area contributed by atoms with E-state index in [2.05, 4.69) is 15.1 Å². The third-order valence-electron chi connectivity index (χ3n) is 3.44. The molecule has 5 nitrogen and oxygen atoms in total. The van der Waals surface area contributed by atoms with E-state index in [1.54, 1.807) is 5.32 Å². The molecule has 1 radical (unpaired) electrons. The van der Waals surface area contributed by atoms with Crippen LogP contribution in [-0.4, -0.2) is 25.8 Å². The van der Waals surface area contributed by atoms with E-state index in [1.807, 2.05) is 0 Å². The maximum Gasteiger partial charge on any atom is 0.286 e. The number of nitrogens with zero attached hydrogens (tertiary/aromatic N) is 4. The van der Waals surface area contributed by atoms with Crippen LogP contribution in [0.3, 0.4) is 0 Å². The normalized spacial score (nSPS) is 11.6. The van der Waals surface area contributed by atoms with E-state index in [0.717, 1.165) is 13.3 Å². The van der Waals surface area contributed by atoms with Crippen LogP contribution in [0.25, 0.3) is 16.9 Å². The molecule has 147 valence electrons. The van der Waals surface area contributed by atoms with E-state index in [-0.39, 0.29) is 44.2 Å². The van der Waals surface area contributed by atoms with Gasteiger partial charge in [0.15, 0.2) is 23.3 Å². The van der Waals surface area contributed by atoms with Gasteiger partial charge in [-0.15, -0.1) is 6.54 Å². The number of nitrogens with one attached hydrogen (secondary N) is 1. The average Bonchev–Trinajstić information content (AvgIpc) is 3.04. The van der Waals surface area contributed by atoms with E-state index in [0.29, 0.717) is 4.52 Å². The van der Waals surface area contributed by atoms with Crippen molar-refractivity contribution in [2.45, 2.75) is 13.1 Å². The zero-order chi connectivity index (χ0) is 20.1. The summed E-state index contributed by atoms with van der Waals surface area (Å²) >= 11 is 0. The van der Waals surface area contributed by atoms with Gasteiger partial charge in [0, 0.05) is 38.3 Å². The number of aryl methyl sites for hydroxylation is 1. The molecule has 0 amide bonds. The second kappa shape index (κ2) is 7.86. The Balaban J connectivity index is 0.00000280. The van der Waals surface area contributed by atoms with E-state index >= 15 is 0 Å². The predicted octanol–water partition coefficient (Wildman–Crippen LogP) is 3.93. The Morgan fingerprint density at radius 1 is 0.929 bits per heavy atom. The first kappa shape index (κ1) is 22.4. The van der Waals surface area contributed by atoms with Crippen LogP contribution in [-0.2, 0) is 32.7 Å². The topological polar surface area (TPSA) is 55.1 Å². The van der Waals surface area contributed by atoms with Crippen LogP contribution >= 0.6 is 0 Å². The Bertz CT molecular complexity index is 1020. The van der Waals surface area contributed by atoms with Crippen LogP contribution < -0.4 is 5.32 Å². The van der Waals surface area contributed by atoms with Gasteiger partial charge in [0.05, 0.1) is 11.3 Å². The van der Waals surface area contributed by atoms with E-state index in [9.17, 15) is 35.1 Å². The van der Waals surface area contributed by atoms with Gasteiger partial charge in [-0.05, 0) is 6.92 Å². The summed E-state index contributed by atoms with van der Waals surface area (Å²) in [7, 11) is 0. The van der Waals surface area contributed by atoms with Gasteiger partial charge in [0.25, 0.3) is 12.0 Å². The Kier molecular flexibility index (Phi) is 6.29. The first-order valence-corrected chi connectivity index (χ1v) is 6.92. The fourth-order valence-corrected chi connectivity index (χ4v) is 2.36. The molecule has 2 heterocycles. The van der Waals surface area contributed by atoms with Crippen LogP contribution in [0.1, 0.15) is 5.69 Å². The summed E-state index contributed by atoms with van der Waals surface area (Å²) in [6.07, 6.45) is -4.00. The van der Waals surface area contributed by atoms with E-state index < -0.39 is 58.8 Å². The molecule has 0 atom stereocenters. The fourth-order valence-electron chi connectivity index (χ4n) is 2.36. The molecule has 0 fully saturated rings. The van der Waals surface area contributed by atoms with Crippen LogP contribution in [0.2, 0.25) is 0 Å². The maximum absolute atomic E-state index is 14.2. The Morgan fingerprint density at radius 3 is 2.00 bits per heavy atom. The molecule has 0 unspecified atom stereocenters. The quantitative estimate of drug-likeness (QED) is 0.265. The second-order valence-corrected chi connectivity index (χ2v) is 5.17. The number of benzene rings is 1. The maximum atomic E-state index is 14.2. The number of fused-ring (bicyclic) bond motifs is 1. The molecule has 0 aliphatic rings. The SMILES string of the molecule is Cc1nc2ncnn2c(N[CH-]C(F)(F)F)c1-c1c(F)c(F)c(F)c(F)c1F.[Y]. The van der Waals surface area contributed by atoms with Crippen molar-refractivity contribution in [3.05, 3.63) is 47.7 Å². The number of hydrogen-bond acceptors (Lipinski definition) is 4. The smallest absolute Gasteiger partial charge is 0.286 e. The van der Waals surface area contributed by atoms with Crippen molar-refractivity contribution in [2.24, 2.45) is 0 Å². The minimum atomic E-state index is -4.88. The number of halogens is 8. The minimum Gasteiger partial charge on any atom is -0.511 e. The van der Waals surface area contributed by atoms with Crippen LogP contribution in [0.4, 0.5) is 40.9 Å². The van der Waals surface area contributed by atoms with Gasteiger partial charge in [-0.25, -0.2) is 40.1 Å². The number of alkyl halides is 3. The second-order valence-electron chi connectivity index (χ2n) is 5.17. The van der Waals surface area contributed by atoms with Gasteiger partial charge in [-0.1, -0.05) is 0 Å². The van der Waals surface area contributed by atoms with Crippen molar-refractivity contribution in [3.8, 4) is 11.1 Å². The van der Waals surface area contributed by atoms with Crippen molar-refractivity contribution >= 4 is 11.6 Å². The molecule has 0 aliphatic carbocycles. The molecule has 3 rings (SSSR count). The first-order chi connectivity index (χ1) is 12.5. The van der Waals surface area contributed by atoms with Gasteiger partial charge in [0.1, 0.15) is 12.1 Å². The number of hydrogen-bond donors (Lipinski definition) is 1. The Hall–Kier alpha value is -1.89. The molecule has 0 spiro atoms. The van der Waals surface area contributed by atoms with Crippen LogP contribution in [0.15, 0.2) is 6.33 Å². The summed E-state index contributed by atoms with van der Waals surface area (Å²) in [5, 5.41) is 5.28. The summed E-state index contributed by atoms with van der Waals surface area (Å²) < 4.78 is 107. The van der Waals surface area contributed by atoms with Crippen molar-refractivity contribution < 1.29 is 67.8 Å². The molecule has 0 saturated heterocycles. The number of anilines is 1. The zero-order valence-corrected chi connectivity index (χ0v) is 16.4. The van der Waals surface area contributed by atoms with Gasteiger partial charge >= 0.3 is 0 Å². The van der Waals surface area contributed by atoms with Gasteiger partial charge in [0.2, 0.25) is 5.82 Å². The van der Waals surface area contributed by atoms with Gasteiger partial charge in [-0.2, -0.15) is 14.6 Å². The largest absolute Gasteiger partial charge is 0.511 e. The molecule has 0 bridgehead atoms. The Morgan fingerprint density at radius 2 is 1.46 bits per heavy atom. The van der Waals surface area contributed by atoms with Gasteiger partial charge in [-0.3, -0.25) is 0 Å². The van der Waals surface area contributed by atoms with Crippen LogP contribution in [0.5, 0.6) is 0 Å². The number of aromatic nitrogens is 4. The van der Waals surface area contributed by atoms with Crippen molar-refractivity contribution in [2.75, 3.05) is 5.32 Å². The molecule has 1 N–H and O–H groups in total. The van der Waals surface area contributed by atoms with Crippen molar-refractivity contribution in [1.82, 2.24) is 19.6 Å². The molecular formula is C14H6F8N5Y-. The summed E-state index contributed by atoms with van der Waals surface area (Å²) in [6, 6.07) is 0. The molecular weight excluding hydrogens is 479 g/mol. The van der Waals surface area contributed by atoms with E-state index in [4.69, 9.17) is 0 Å². The first-order valence-electron chi connectivity index (χ1n) is 6.92. The summed E-state index contributed by atoms with van der Waals surface area (Å²) in [6.45, 7) is 0.694. The molecule has 0 aliphatic heterocycles. The molecule has 14 heteroatoms. The monoisotopic (exact) mass is 485 g/mol. The third-order valence-corrected chi connectivity index (χ3v) is 3.44. The standard InChI is InChI=1S/C14H6F8N5.Y/c1-4-5(6-7(15)9(17)11(19)10(18)8(6)16)12(23-2-14(20,21)22)27-13(26-4)24-3-25-27;/h2-3,23H,1H3;/q-1;. The molecule has 0 saturated carbocycles.